The lowest BCUT2D eigenvalue weighted by atomic mass is 9.95. The highest BCUT2D eigenvalue weighted by Crippen LogP contribution is 2.37. The van der Waals surface area contributed by atoms with Crippen LogP contribution in [0.4, 0.5) is 5.00 Å². The van der Waals surface area contributed by atoms with E-state index in [1.807, 2.05) is 12.1 Å². The Hall–Kier alpha value is -2.34. The average Bonchev–Trinajstić information content (AvgIpc) is 3.23. The van der Waals surface area contributed by atoms with Crippen LogP contribution in [-0.4, -0.2) is 18.4 Å². The van der Waals surface area contributed by atoms with Crippen molar-refractivity contribution in [3.8, 4) is 5.75 Å². The van der Waals surface area contributed by atoms with Crippen molar-refractivity contribution in [3.05, 3.63) is 45.3 Å². The highest BCUT2D eigenvalue weighted by Gasteiger charge is 2.25. The molecular weight excluding hydrogens is 348 g/mol. The van der Waals surface area contributed by atoms with Crippen LogP contribution >= 0.6 is 11.3 Å². The van der Waals surface area contributed by atoms with Gasteiger partial charge in [-0.2, -0.15) is 0 Å². The van der Waals surface area contributed by atoms with E-state index in [-0.39, 0.29) is 12.5 Å². The first-order valence-corrected chi connectivity index (χ1v) is 9.92. The van der Waals surface area contributed by atoms with Crippen molar-refractivity contribution >= 4 is 28.2 Å². The molecule has 4 rings (SSSR count). The molecule has 1 aromatic heterocycles. The summed E-state index contributed by atoms with van der Waals surface area (Å²) in [6.45, 7) is -0.0838. The van der Waals surface area contributed by atoms with Crippen LogP contribution in [0.5, 0.6) is 5.75 Å². The molecule has 0 fully saturated rings. The second-order valence-electron chi connectivity index (χ2n) is 6.90. The van der Waals surface area contributed by atoms with E-state index in [2.05, 4.69) is 11.4 Å². The summed E-state index contributed by atoms with van der Waals surface area (Å²) in [6.07, 6.45) is 7.33. The predicted octanol–water partition coefficient (Wildman–Crippen LogP) is 3.23. The molecule has 0 atom stereocenters. The molecule has 5 nitrogen and oxygen atoms in total. The minimum Gasteiger partial charge on any atom is -0.484 e. The normalized spacial score (nSPS) is 15.2. The molecule has 1 aromatic carbocycles. The van der Waals surface area contributed by atoms with E-state index in [1.54, 1.807) is 0 Å². The van der Waals surface area contributed by atoms with E-state index in [0.717, 1.165) is 44.1 Å². The van der Waals surface area contributed by atoms with E-state index < -0.39 is 5.91 Å². The number of anilines is 1. The molecule has 136 valence electrons. The first kappa shape index (κ1) is 17.1. The SMILES string of the molecule is NC(=O)c1c(NC(=O)COc2ccc3c(c2)CCC3)sc2c1CCCC2. The van der Waals surface area contributed by atoms with Gasteiger partial charge in [0, 0.05) is 4.88 Å². The van der Waals surface area contributed by atoms with Crippen LogP contribution < -0.4 is 15.8 Å². The monoisotopic (exact) mass is 370 g/mol. The number of nitrogens with two attached hydrogens (primary N) is 1. The van der Waals surface area contributed by atoms with Crippen molar-refractivity contribution in [1.29, 1.82) is 0 Å². The van der Waals surface area contributed by atoms with Gasteiger partial charge in [0.05, 0.1) is 5.56 Å². The Morgan fingerprint density at radius 2 is 1.88 bits per heavy atom. The topological polar surface area (TPSA) is 81.4 Å². The van der Waals surface area contributed by atoms with Crippen LogP contribution in [-0.2, 0) is 30.5 Å². The highest BCUT2D eigenvalue weighted by atomic mass is 32.1. The minimum atomic E-state index is -0.473. The third-order valence-corrected chi connectivity index (χ3v) is 6.32. The first-order chi connectivity index (χ1) is 12.6. The van der Waals surface area contributed by atoms with E-state index in [1.165, 1.54) is 33.8 Å². The number of hydrogen-bond donors (Lipinski definition) is 2. The Morgan fingerprint density at radius 1 is 1.08 bits per heavy atom. The van der Waals surface area contributed by atoms with Crippen molar-refractivity contribution < 1.29 is 14.3 Å². The molecule has 2 aliphatic rings. The van der Waals surface area contributed by atoms with Crippen molar-refractivity contribution in [2.24, 2.45) is 5.73 Å². The Labute approximate surface area is 156 Å². The molecular formula is C20H22N2O3S. The molecule has 26 heavy (non-hydrogen) atoms. The van der Waals surface area contributed by atoms with Gasteiger partial charge in [-0.15, -0.1) is 11.3 Å². The molecule has 0 aliphatic heterocycles. The number of ether oxygens (including phenoxy) is 1. The van der Waals surface area contributed by atoms with Gasteiger partial charge in [0.1, 0.15) is 10.8 Å². The summed E-state index contributed by atoms with van der Waals surface area (Å²) < 4.78 is 5.64. The van der Waals surface area contributed by atoms with Crippen LogP contribution in [0.1, 0.15) is 51.2 Å². The summed E-state index contributed by atoms with van der Waals surface area (Å²) >= 11 is 1.47. The minimum absolute atomic E-state index is 0.0838. The smallest absolute Gasteiger partial charge is 0.262 e. The van der Waals surface area contributed by atoms with Crippen LogP contribution in [0.25, 0.3) is 0 Å². The van der Waals surface area contributed by atoms with E-state index in [9.17, 15) is 9.59 Å². The van der Waals surface area contributed by atoms with Gasteiger partial charge in [0.25, 0.3) is 11.8 Å². The lowest BCUT2D eigenvalue weighted by molar-refractivity contribution is -0.118. The zero-order chi connectivity index (χ0) is 18.1. The van der Waals surface area contributed by atoms with Crippen LogP contribution in [0.3, 0.4) is 0 Å². The maximum absolute atomic E-state index is 12.3. The van der Waals surface area contributed by atoms with E-state index >= 15 is 0 Å². The molecule has 2 aromatic rings. The van der Waals surface area contributed by atoms with Gasteiger partial charge in [0.15, 0.2) is 6.61 Å². The molecule has 0 saturated carbocycles. The molecule has 0 unspecified atom stereocenters. The van der Waals surface area contributed by atoms with Gasteiger partial charge in [-0.05, 0) is 73.8 Å². The number of fused-ring (bicyclic) bond motifs is 2. The number of thiophene rings is 1. The molecule has 2 aliphatic carbocycles. The number of primary amides is 1. The quantitative estimate of drug-likeness (QED) is 0.848. The molecule has 0 radical (unpaired) electrons. The van der Waals surface area contributed by atoms with Gasteiger partial charge in [-0.3, -0.25) is 9.59 Å². The summed E-state index contributed by atoms with van der Waals surface area (Å²) in [4.78, 5) is 25.4. The number of aryl methyl sites for hydroxylation is 3. The third-order valence-electron chi connectivity index (χ3n) is 5.11. The predicted molar refractivity (Wildman–Crippen MR) is 102 cm³/mol. The number of carbonyl (C=O) groups is 2. The summed E-state index contributed by atoms with van der Waals surface area (Å²) in [6, 6.07) is 6.01. The van der Waals surface area contributed by atoms with Crippen molar-refractivity contribution in [1.82, 2.24) is 0 Å². The Bertz CT molecular complexity index is 872. The zero-order valence-electron chi connectivity index (χ0n) is 14.6. The lowest BCUT2D eigenvalue weighted by Crippen LogP contribution is -2.22. The second kappa shape index (κ2) is 7.11. The summed E-state index contributed by atoms with van der Waals surface area (Å²) in [7, 11) is 0. The highest BCUT2D eigenvalue weighted by molar-refractivity contribution is 7.17. The number of amides is 2. The summed E-state index contributed by atoms with van der Waals surface area (Å²) in [5.74, 6) is -0.0350. The van der Waals surface area contributed by atoms with Gasteiger partial charge in [0.2, 0.25) is 0 Å². The molecule has 0 spiro atoms. The molecule has 1 heterocycles. The lowest BCUT2D eigenvalue weighted by Gasteiger charge is -2.11. The fourth-order valence-corrected chi connectivity index (χ4v) is 5.18. The number of rotatable bonds is 5. The van der Waals surface area contributed by atoms with Crippen LogP contribution in [0.15, 0.2) is 18.2 Å². The van der Waals surface area contributed by atoms with Gasteiger partial charge >= 0.3 is 0 Å². The number of carbonyl (C=O) groups excluding carboxylic acids is 2. The standard InChI is InChI=1S/C20H22N2O3S/c21-19(24)18-15-6-1-2-7-16(15)26-20(18)22-17(23)11-25-14-9-8-12-4-3-5-13(12)10-14/h8-10H,1-7,11H2,(H2,21,24)(H,22,23). The number of hydrogen-bond acceptors (Lipinski definition) is 4. The fraction of sp³-hybridized carbons (Fsp3) is 0.400. The molecule has 2 amide bonds. The maximum atomic E-state index is 12.3. The first-order valence-electron chi connectivity index (χ1n) is 9.10. The number of nitrogens with one attached hydrogen (secondary N) is 1. The van der Waals surface area contributed by atoms with Crippen LogP contribution in [0, 0.1) is 0 Å². The van der Waals surface area contributed by atoms with Gasteiger partial charge in [-0.1, -0.05) is 6.07 Å². The molecule has 6 heteroatoms. The average molecular weight is 370 g/mol. The third kappa shape index (κ3) is 3.33. The van der Waals surface area contributed by atoms with Gasteiger partial charge < -0.3 is 15.8 Å². The molecule has 0 bridgehead atoms. The van der Waals surface area contributed by atoms with Crippen molar-refractivity contribution in [3.63, 3.8) is 0 Å². The zero-order valence-corrected chi connectivity index (χ0v) is 15.4. The summed E-state index contributed by atoms with van der Waals surface area (Å²) in [5, 5.41) is 3.39. The van der Waals surface area contributed by atoms with Crippen molar-refractivity contribution in [2.45, 2.75) is 44.9 Å². The fourth-order valence-electron chi connectivity index (χ4n) is 3.86. The number of benzene rings is 1. The van der Waals surface area contributed by atoms with Crippen LogP contribution in [0.2, 0.25) is 0 Å². The van der Waals surface area contributed by atoms with E-state index in [0.29, 0.717) is 16.3 Å². The second-order valence-corrected chi connectivity index (χ2v) is 8.01. The molecule has 0 saturated heterocycles. The van der Waals surface area contributed by atoms with E-state index in [4.69, 9.17) is 10.5 Å². The molecule has 3 N–H and O–H groups in total. The van der Waals surface area contributed by atoms with Gasteiger partial charge in [-0.25, -0.2) is 0 Å². The Balaban J connectivity index is 1.43. The maximum Gasteiger partial charge on any atom is 0.262 e. The Kier molecular flexibility index (Phi) is 4.68. The summed E-state index contributed by atoms with van der Waals surface area (Å²) in [5.41, 5.74) is 9.74. The van der Waals surface area contributed by atoms with Crippen molar-refractivity contribution in [2.75, 3.05) is 11.9 Å². The largest absolute Gasteiger partial charge is 0.484 e. The Morgan fingerprint density at radius 3 is 2.73 bits per heavy atom.